The second-order valence-corrected chi connectivity index (χ2v) is 6.47. The number of likely N-dealkylation sites (tertiary alicyclic amines) is 1. The summed E-state index contributed by atoms with van der Waals surface area (Å²) in [6.07, 6.45) is 1.27. The Hall–Kier alpha value is -3.09. The predicted octanol–water partition coefficient (Wildman–Crippen LogP) is 1.75. The van der Waals surface area contributed by atoms with E-state index in [0.717, 1.165) is 0 Å². The number of amides is 2. The molecular formula is C20H22N2O5. The Morgan fingerprint density at radius 3 is 2.56 bits per heavy atom. The van der Waals surface area contributed by atoms with Gasteiger partial charge in [0.25, 0.3) is 5.91 Å². The summed E-state index contributed by atoms with van der Waals surface area (Å²) in [4.78, 5) is 37.4. The Morgan fingerprint density at radius 2 is 1.89 bits per heavy atom. The van der Waals surface area contributed by atoms with Crippen LogP contribution in [0, 0.1) is 6.92 Å². The third-order valence-electron chi connectivity index (χ3n) is 4.40. The van der Waals surface area contributed by atoms with E-state index in [1.807, 2.05) is 6.07 Å². The summed E-state index contributed by atoms with van der Waals surface area (Å²) in [5.41, 5.74) is 0.0896. The standard InChI is InChI=1S/C20H22N2O5/c1-14-11-17(12-19(24)26-14)27-16-7-9-22(10-8-16)18(23)13-21-20(25)15-5-3-2-4-6-15/h2-6,11-12,16H,7-10,13H2,1H3,(H,21,25). The molecule has 7 nitrogen and oxygen atoms in total. The van der Waals surface area contributed by atoms with E-state index in [0.29, 0.717) is 43.0 Å². The molecule has 1 aliphatic rings. The van der Waals surface area contributed by atoms with Crippen molar-refractivity contribution in [1.29, 1.82) is 0 Å². The Bertz CT molecular complexity index is 854. The van der Waals surface area contributed by atoms with Gasteiger partial charge in [-0.1, -0.05) is 18.2 Å². The van der Waals surface area contributed by atoms with Crippen molar-refractivity contribution in [3.8, 4) is 5.75 Å². The molecule has 1 aromatic carbocycles. The molecule has 27 heavy (non-hydrogen) atoms. The summed E-state index contributed by atoms with van der Waals surface area (Å²) < 4.78 is 10.7. The number of nitrogens with zero attached hydrogens (tertiary/aromatic N) is 1. The number of benzene rings is 1. The maximum Gasteiger partial charge on any atom is 0.339 e. The van der Waals surface area contributed by atoms with E-state index in [1.165, 1.54) is 6.07 Å². The van der Waals surface area contributed by atoms with Crippen LogP contribution < -0.4 is 15.7 Å². The largest absolute Gasteiger partial charge is 0.490 e. The molecule has 2 aromatic rings. The van der Waals surface area contributed by atoms with Crippen molar-refractivity contribution in [2.75, 3.05) is 19.6 Å². The SMILES string of the molecule is Cc1cc(OC2CCN(C(=O)CNC(=O)c3ccccc3)CC2)cc(=O)o1. The van der Waals surface area contributed by atoms with E-state index in [9.17, 15) is 14.4 Å². The molecule has 1 N–H and O–H groups in total. The summed E-state index contributed by atoms with van der Waals surface area (Å²) in [6, 6.07) is 11.8. The first-order chi connectivity index (χ1) is 13.0. The molecular weight excluding hydrogens is 348 g/mol. The van der Waals surface area contributed by atoms with Crippen molar-refractivity contribution >= 4 is 11.8 Å². The fourth-order valence-electron chi connectivity index (χ4n) is 3.02. The number of hydrogen-bond donors (Lipinski definition) is 1. The summed E-state index contributed by atoms with van der Waals surface area (Å²) in [6.45, 7) is 2.76. The van der Waals surface area contributed by atoms with E-state index >= 15 is 0 Å². The summed E-state index contributed by atoms with van der Waals surface area (Å²) in [5, 5.41) is 2.65. The lowest BCUT2D eigenvalue weighted by molar-refractivity contribution is -0.131. The number of aryl methyl sites for hydroxylation is 1. The first-order valence-electron chi connectivity index (χ1n) is 8.91. The van der Waals surface area contributed by atoms with E-state index in [-0.39, 0.29) is 24.5 Å². The minimum absolute atomic E-state index is 0.0296. The molecule has 0 bridgehead atoms. The van der Waals surface area contributed by atoms with Gasteiger partial charge in [-0.15, -0.1) is 0 Å². The van der Waals surface area contributed by atoms with Crippen molar-refractivity contribution < 1.29 is 18.7 Å². The van der Waals surface area contributed by atoms with Gasteiger partial charge in [0.1, 0.15) is 17.6 Å². The maximum absolute atomic E-state index is 12.3. The predicted molar refractivity (Wildman–Crippen MR) is 98.7 cm³/mol. The van der Waals surface area contributed by atoms with Crippen LogP contribution in [0.25, 0.3) is 0 Å². The third kappa shape index (κ3) is 5.20. The molecule has 2 amide bonds. The van der Waals surface area contributed by atoms with Crippen molar-refractivity contribution in [1.82, 2.24) is 10.2 Å². The highest BCUT2D eigenvalue weighted by atomic mass is 16.5. The van der Waals surface area contributed by atoms with Crippen molar-refractivity contribution in [2.45, 2.75) is 25.9 Å². The molecule has 2 heterocycles. The highest BCUT2D eigenvalue weighted by molar-refractivity contribution is 5.96. The number of rotatable bonds is 5. The molecule has 142 valence electrons. The van der Waals surface area contributed by atoms with Gasteiger partial charge in [-0.2, -0.15) is 0 Å². The van der Waals surface area contributed by atoms with Crippen LogP contribution in [0.15, 0.2) is 51.7 Å². The summed E-state index contributed by atoms with van der Waals surface area (Å²) >= 11 is 0. The Morgan fingerprint density at radius 1 is 1.19 bits per heavy atom. The lowest BCUT2D eigenvalue weighted by atomic mass is 10.1. The van der Waals surface area contributed by atoms with Gasteiger partial charge < -0.3 is 19.4 Å². The fourth-order valence-corrected chi connectivity index (χ4v) is 3.02. The molecule has 7 heteroatoms. The molecule has 1 aromatic heterocycles. The van der Waals surface area contributed by atoms with Crippen LogP contribution in [-0.2, 0) is 4.79 Å². The van der Waals surface area contributed by atoms with E-state index in [4.69, 9.17) is 9.15 Å². The maximum atomic E-state index is 12.3. The first-order valence-corrected chi connectivity index (χ1v) is 8.91. The third-order valence-corrected chi connectivity index (χ3v) is 4.40. The molecule has 1 aliphatic heterocycles. The first kappa shape index (κ1) is 18.7. The zero-order chi connectivity index (χ0) is 19.2. The minimum atomic E-state index is -0.438. The Labute approximate surface area is 156 Å². The number of nitrogens with one attached hydrogen (secondary N) is 1. The van der Waals surface area contributed by atoms with Gasteiger partial charge >= 0.3 is 5.63 Å². The quantitative estimate of drug-likeness (QED) is 0.866. The van der Waals surface area contributed by atoms with Crippen LogP contribution in [0.4, 0.5) is 0 Å². The molecule has 0 atom stereocenters. The van der Waals surface area contributed by atoms with Crippen molar-refractivity contribution in [2.24, 2.45) is 0 Å². The second-order valence-electron chi connectivity index (χ2n) is 6.47. The van der Waals surface area contributed by atoms with Gasteiger partial charge in [0, 0.05) is 37.6 Å². The number of piperidine rings is 1. The molecule has 0 saturated carbocycles. The van der Waals surface area contributed by atoms with Gasteiger partial charge in [-0.05, 0) is 19.1 Å². The second kappa shape index (κ2) is 8.53. The molecule has 3 rings (SSSR count). The van der Waals surface area contributed by atoms with E-state index in [1.54, 1.807) is 42.2 Å². The lowest BCUT2D eigenvalue weighted by Gasteiger charge is -2.32. The summed E-state index contributed by atoms with van der Waals surface area (Å²) in [5.74, 6) is 0.609. The van der Waals surface area contributed by atoms with Crippen LogP contribution >= 0.6 is 0 Å². The van der Waals surface area contributed by atoms with Crippen LogP contribution in [0.1, 0.15) is 29.0 Å². The van der Waals surface area contributed by atoms with Gasteiger partial charge in [-0.25, -0.2) is 4.79 Å². The van der Waals surface area contributed by atoms with Crippen molar-refractivity contribution in [3.63, 3.8) is 0 Å². The Kier molecular flexibility index (Phi) is 5.90. The van der Waals surface area contributed by atoms with Gasteiger partial charge in [-0.3, -0.25) is 9.59 Å². The van der Waals surface area contributed by atoms with E-state index < -0.39 is 5.63 Å². The van der Waals surface area contributed by atoms with Crippen molar-refractivity contribution in [3.05, 3.63) is 64.2 Å². The average molecular weight is 370 g/mol. The molecule has 1 saturated heterocycles. The van der Waals surface area contributed by atoms with Gasteiger partial charge in [0.05, 0.1) is 12.6 Å². The molecule has 0 radical (unpaired) electrons. The van der Waals surface area contributed by atoms with Crippen LogP contribution in [-0.4, -0.2) is 42.5 Å². The average Bonchev–Trinajstić information content (AvgIpc) is 2.66. The van der Waals surface area contributed by atoms with Gasteiger partial charge in [0.2, 0.25) is 5.91 Å². The van der Waals surface area contributed by atoms with Gasteiger partial charge in [0.15, 0.2) is 0 Å². The number of carbonyl (C=O) groups excluding carboxylic acids is 2. The lowest BCUT2D eigenvalue weighted by Crippen LogP contribution is -2.46. The monoisotopic (exact) mass is 370 g/mol. The smallest absolute Gasteiger partial charge is 0.339 e. The number of hydrogen-bond acceptors (Lipinski definition) is 5. The van der Waals surface area contributed by atoms with Crippen LogP contribution in [0.5, 0.6) is 5.75 Å². The summed E-state index contributed by atoms with van der Waals surface area (Å²) in [7, 11) is 0. The molecule has 1 fully saturated rings. The number of carbonyl (C=O) groups is 2. The molecule has 0 unspecified atom stereocenters. The van der Waals surface area contributed by atoms with Crippen LogP contribution in [0.2, 0.25) is 0 Å². The topological polar surface area (TPSA) is 88.9 Å². The Balaban J connectivity index is 1.45. The van der Waals surface area contributed by atoms with Crippen LogP contribution in [0.3, 0.4) is 0 Å². The number of ether oxygens (including phenoxy) is 1. The fraction of sp³-hybridized carbons (Fsp3) is 0.350. The molecule has 0 spiro atoms. The zero-order valence-corrected chi connectivity index (χ0v) is 15.1. The highest BCUT2D eigenvalue weighted by Crippen LogP contribution is 2.18. The normalized spacial score (nSPS) is 14.6. The molecule has 0 aliphatic carbocycles. The zero-order valence-electron chi connectivity index (χ0n) is 15.1. The van der Waals surface area contributed by atoms with E-state index in [2.05, 4.69) is 5.32 Å². The minimum Gasteiger partial charge on any atom is -0.490 e. The highest BCUT2D eigenvalue weighted by Gasteiger charge is 2.24.